The number of halogens is 3. The van der Waals surface area contributed by atoms with Crippen molar-refractivity contribution in [2.45, 2.75) is 50.4 Å². The van der Waals surface area contributed by atoms with Gasteiger partial charge in [0.25, 0.3) is 11.8 Å². The van der Waals surface area contributed by atoms with Gasteiger partial charge < -0.3 is 19.4 Å². The third kappa shape index (κ3) is 5.10. The molecule has 6 heterocycles. The van der Waals surface area contributed by atoms with Gasteiger partial charge in [-0.25, -0.2) is 28.0 Å². The molecule has 3 aliphatic rings. The number of H-pyrrole nitrogens is 1. The number of aryl methyl sites for hydroxylation is 2. The Labute approximate surface area is 292 Å². The highest BCUT2D eigenvalue weighted by atomic mass is 32.1. The molecular formula is C37H29F3N6O4S. The van der Waals surface area contributed by atoms with Gasteiger partial charge in [-0.3, -0.25) is 9.78 Å². The van der Waals surface area contributed by atoms with Gasteiger partial charge in [0, 0.05) is 35.2 Å². The zero-order valence-corrected chi connectivity index (χ0v) is 28.0. The first-order valence-corrected chi connectivity index (χ1v) is 17.4. The number of hydrogen-bond donors (Lipinski definition) is 2. The molecule has 0 unspecified atom stereocenters. The molecule has 0 radical (unpaired) electrons. The largest absolute Gasteiger partial charge is 0.493 e. The summed E-state index contributed by atoms with van der Waals surface area (Å²) in [6, 6.07) is 11.9. The van der Waals surface area contributed by atoms with Gasteiger partial charge in [0.15, 0.2) is 11.6 Å². The molecule has 51 heavy (non-hydrogen) atoms. The summed E-state index contributed by atoms with van der Waals surface area (Å²) in [6.07, 6.45) is 2.76. The maximum Gasteiger partial charge on any atom is 0.434 e. The van der Waals surface area contributed by atoms with E-state index in [4.69, 9.17) is 14.1 Å². The Balaban J connectivity index is 1.20. The second-order valence-corrected chi connectivity index (χ2v) is 14.0. The zero-order chi connectivity index (χ0) is 35.0. The highest BCUT2D eigenvalue weighted by Gasteiger charge is 2.45. The monoisotopic (exact) mass is 710 g/mol. The average Bonchev–Trinajstić information content (AvgIpc) is 3.96. The van der Waals surface area contributed by atoms with Crippen molar-refractivity contribution in [2.24, 2.45) is 0 Å². The lowest BCUT2D eigenvalue weighted by Crippen LogP contribution is -2.22. The smallest absolute Gasteiger partial charge is 0.434 e. The van der Waals surface area contributed by atoms with Gasteiger partial charge in [0.2, 0.25) is 0 Å². The van der Waals surface area contributed by atoms with E-state index >= 15 is 4.39 Å². The fraction of sp³-hybridized carbons (Fsp3) is 0.270. The van der Waals surface area contributed by atoms with E-state index in [-0.39, 0.29) is 35.8 Å². The van der Waals surface area contributed by atoms with E-state index in [9.17, 15) is 18.4 Å². The van der Waals surface area contributed by atoms with Crippen LogP contribution in [0.25, 0.3) is 32.0 Å². The van der Waals surface area contributed by atoms with E-state index in [0.717, 1.165) is 23.8 Å². The maximum atomic E-state index is 15.6. The lowest BCUT2D eigenvalue weighted by atomic mass is 9.93. The van der Waals surface area contributed by atoms with E-state index in [1.807, 2.05) is 17.0 Å². The Morgan fingerprint density at radius 1 is 1.08 bits per heavy atom. The number of methoxy groups -OCH3 is 1. The quantitative estimate of drug-likeness (QED) is 0.171. The number of benzene rings is 2. The van der Waals surface area contributed by atoms with Crippen LogP contribution in [0, 0.1) is 11.6 Å². The van der Waals surface area contributed by atoms with Gasteiger partial charge in [0.05, 0.1) is 46.4 Å². The Bertz CT molecular complexity index is 2430. The number of nitrogens with zero attached hydrogens (tertiary/aromatic N) is 4. The van der Waals surface area contributed by atoms with Crippen molar-refractivity contribution >= 4 is 33.1 Å². The van der Waals surface area contributed by atoms with Crippen LogP contribution < -0.4 is 15.8 Å². The van der Waals surface area contributed by atoms with Crippen LogP contribution in [0.2, 0.25) is 0 Å². The number of carbonyl (C=O) groups excluding carboxylic acids is 1. The molecule has 0 bridgehead atoms. The Kier molecular flexibility index (Phi) is 7.45. The number of aromatic amines is 1. The number of alkyl halides is 1. The summed E-state index contributed by atoms with van der Waals surface area (Å²) in [5.41, 5.74) is 4.61. The van der Waals surface area contributed by atoms with Crippen LogP contribution in [0.1, 0.15) is 63.4 Å². The van der Waals surface area contributed by atoms with Gasteiger partial charge in [-0.15, -0.1) is 16.4 Å². The van der Waals surface area contributed by atoms with Crippen LogP contribution in [0.15, 0.2) is 63.9 Å². The number of hydrogen-bond acceptors (Lipinski definition) is 9. The Morgan fingerprint density at radius 2 is 1.92 bits per heavy atom. The number of nitrogens with one attached hydrogen (secondary N) is 2. The van der Waals surface area contributed by atoms with Crippen LogP contribution in [0.5, 0.6) is 5.75 Å². The van der Waals surface area contributed by atoms with Crippen molar-refractivity contribution in [1.82, 2.24) is 25.1 Å². The standard InChI is InChI=1S/C37H29F3N6O4S/c1-49-32-21-16-23(40)30(20(21)9-10-22(32)39)43-34-33-18(12-13-41-34)15-26(51-33)28-27(35-44-45-37(48)50-35)24(11-6-17-4-7-19(38)8-5-17)42-31-25-3-2-14-46(25)36(47)29(28)31/h4-5,7-10,12-13,15,23,25,30H,2-3,6,11,14,16H2,1H3,(H,41,43)(H,45,48)/t23-,25-,30+/m0/s1. The Hall–Kier alpha value is -5.50. The zero-order valence-electron chi connectivity index (χ0n) is 27.1. The number of aromatic nitrogens is 4. The van der Waals surface area contributed by atoms with Crippen molar-refractivity contribution in [2.75, 3.05) is 19.0 Å². The molecule has 1 amide bonds. The Morgan fingerprint density at radius 3 is 2.71 bits per heavy atom. The molecule has 9 rings (SSSR count). The van der Waals surface area contributed by atoms with Crippen molar-refractivity contribution < 1.29 is 27.1 Å². The molecule has 6 aromatic rings. The fourth-order valence-electron chi connectivity index (χ4n) is 7.81. The van der Waals surface area contributed by atoms with E-state index in [1.54, 1.807) is 24.4 Å². The van der Waals surface area contributed by atoms with Gasteiger partial charge >= 0.3 is 5.76 Å². The van der Waals surface area contributed by atoms with Crippen LogP contribution >= 0.6 is 11.3 Å². The SMILES string of the molecule is COc1c(F)ccc2c1C[C@H](F)[C@@H]2Nc1nccc2cc(-c3c4c(nc(CCc5ccc(F)cc5)c3-c3n[nH]c(=O)o3)[C@@H]3CCCN3C4=O)sc12. The maximum absolute atomic E-state index is 15.6. The summed E-state index contributed by atoms with van der Waals surface area (Å²) >= 11 is 1.36. The summed E-state index contributed by atoms with van der Waals surface area (Å²) in [4.78, 5) is 38.7. The minimum Gasteiger partial charge on any atom is -0.493 e. The van der Waals surface area contributed by atoms with E-state index in [2.05, 4.69) is 20.5 Å². The fourth-order valence-corrected chi connectivity index (χ4v) is 8.97. The topological polar surface area (TPSA) is 126 Å². The molecule has 10 nitrogen and oxygen atoms in total. The summed E-state index contributed by atoms with van der Waals surface area (Å²) in [6.45, 7) is 0.601. The molecule has 4 aromatic heterocycles. The third-order valence-electron chi connectivity index (χ3n) is 10.1. The summed E-state index contributed by atoms with van der Waals surface area (Å²) in [5, 5.41) is 10.6. The predicted octanol–water partition coefficient (Wildman–Crippen LogP) is 7.11. The normalized spacial score (nSPS) is 19.1. The highest BCUT2D eigenvalue weighted by molar-refractivity contribution is 7.23. The lowest BCUT2D eigenvalue weighted by molar-refractivity contribution is 0.0776. The number of carbonyl (C=O) groups is 1. The van der Waals surface area contributed by atoms with Crippen molar-refractivity contribution in [3.8, 4) is 27.6 Å². The van der Waals surface area contributed by atoms with Crippen molar-refractivity contribution in [3.63, 3.8) is 0 Å². The molecule has 0 spiro atoms. The van der Waals surface area contributed by atoms with Crippen LogP contribution in [0.4, 0.5) is 19.0 Å². The number of anilines is 1. The molecule has 2 N–H and O–H groups in total. The molecule has 1 aliphatic carbocycles. The minimum absolute atomic E-state index is 0.00258. The average molecular weight is 711 g/mol. The molecule has 3 atom stereocenters. The van der Waals surface area contributed by atoms with Gasteiger partial charge in [0.1, 0.15) is 17.8 Å². The lowest BCUT2D eigenvalue weighted by Gasteiger charge is -2.18. The molecule has 1 saturated heterocycles. The molecule has 14 heteroatoms. The van der Waals surface area contributed by atoms with Crippen LogP contribution in [-0.2, 0) is 19.3 Å². The number of amides is 1. The minimum atomic E-state index is -1.36. The summed E-state index contributed by atoms with van der Waals surface area (Å²) in [5.74, 6) is -1.34. The first-order chi connectivity index (χ1) is 24.8. The number of ether oxygens (including phenoxy) is 1. The number of pyridine rings is 2. The van der Waals surface area contributed by atoms with E-state index in [1.165, 1.54) is 36.6 Å². The number of fused-ring (bicyclic) bond motifs is 5. The van der Waals surface area contributed by atoms with Gasteiger partial charge in [-0.2, -0.15) is 0 Å². The van der Waals surface area contributed by atoms with Crippen LogP contribution in [-0.4, -0.2) is 50.8 Å². The van der Waals surface area contributed by atoms with Crippen LogP contribution in [0.3, 0.4) is 0 Å². The molecule has 1 fully saturated rings. The second kappa shape index (κ2) is 12.1. The van der Waals surface area contributed by atoms with E-state index in [0.29, 0.717) is 74.0 Å². The predicted molar refractivity (Wildman–Crippen MR) is 184 cm³/mol. The van der Waals surface area contributed by atoms with E-state index < -0.39 is 23.8 Å². The van der Waals surface area contributed by atoms with Gasteiger partial charge in [-0.05, 0) is 72.5 Å². The summed E-state index contributed by atoms with van der Waals surface area (Å²) in [7, 11) is 1.36. The molecule has 258 valence electrons. The van der Waals surface area contributed by atoms with Crippen molar-refractivity contribution in [1.29, 1.82) is 0 Å². The highest BCUT2D eigenvalue weighted by Crippen LogP contribution is 2.51. The molecule has 2 aromatic carbocycles. The number of thiophene rings is 1. The molecular weight excluding hydrogens is 682 g/mol. The molecule has 2 aliphatic heterocycles. The summed E-state index contributed by atoms with van der Waals surface area (Å²) < 4.78 is 55.3. The van der Waals surface area contributed by atoms with Gasteiger partial charge in [-0.1, -0.05) is 18.2 Å². The van der Waals surface area contributed by atoms with Crippen molar-refractivity contribution in [3.05, 3.63) is 111 Å². The third-order valence-corrected chi connectivity index (χ3v) is 11.3. The number of rotatable bonds is 8. The first kappa shape index (κ1) is 31.5. The second-order valence-electron chi connectivity index (χ2n) is 12.9. The first-order valence-electron chi connectivity index (χ1n) is 16.6. The molecule has 0 saturated carbocycles.